The average molecular weight is 871 g/mol. The first-order valence-electron chi connectivity index (χ1n) is 26.6. The van der Waals surface area contributed by atoms with Crippen LogP contribution < -0.4 is 0 Å². The normalized spacial score (nSPS) is 12.3. The number of unbranched alkanes of at least 4 members (excludes halogenated alkanes) is 30. The van der Waals surface area contributed by atoms with Gasteiger partial charge in [-0.25, -0.2) is 19.6 Å². The van der Waals surface area contributed by atoms with Crippen LogP contribution in [0.1, 0.15) is 236 Å². The Morgan fingerprint density at radius 3 is 0.921 bits per heavy atom. The van der Waals surface area contributed by atoms with Gasteiger partial charge in [0.15, 0.2) is 0 Å². The van der Waals surface area contributed by atoms with Crippen LogP contribution in [0.3, 0.4) is 0 Å². The Morgan fingerprint density at radius 1 is 0.317 bits per heavy atom. The van der Waals surface area contributed by atoms with Crippen molar-refractivity contribution < 1.29 is 24.3 Å². The van der Waals surface area contributed by atoms with E-state index >= 15 is 0 Å². The maximum absolute atomic E-state index is 7.09. The molecule has 0 heterocycles. The van der Waals surface area contributed by atoms with Crippen LogP contribution in [0.15, 0.2) is 91.0 Å². The third-order valence-electron chi connectivity index (χ3n) is 12.7. The fourth-order valence-corrected chi connectivity index (χ4v) is 8.84. The van der Waals surface area contributed by atoms with Crippen LogP contribution in [0.2, 0.25) is 0 Å². The monoisotopic (exact) mass is 871 g/mol. The molecule has 3 rings (SSSR count). The number of rotatable bonds is 45. The predicted octanol–water partition coefficient (Wildman–Crippen LogP) is 17.8. The van der Waals surface area contributed by atoms with E-state index in [1.807, 2.05) is 18.2 Å². The highest BCUT2D eigenvalue weighted by atomic mass is 17.2. The zero-order chi connectivity index (χ0) is 44.4. The van der Waals surface area contributed by atoms with Crippen molar-refractivity contribution in [3.05, 3.63) is 108 Å². The molecule has 1 atom stereocenters. The maximum Gasteiger partial charge on any atom is 0.143 e. The van der Waals surface area contributed by atoms with Gasteiger partial charge in [-0.3, -0.25) is 0 Å². The zero-order valence-electron chi connectivity index (χ0n) is 40.7. The second-order valence-electron chi connectivity index (χ2n) is 18.3. The molecule has 0 amide bonds. The molecule has 0 saturated carbocycles. The molecular weight excluding hydrogens is 777 g/mol. The SMILES string of the molecule is CCCCCCCCCCCCCCCCCCOOCC(COC(c1ccccc1)(c1ccccc1)c1ccccc1)OOCCCCCCCCCCCCCCCCCC. The third kappa shape index (κ3) is 26.3. The van der Waals surface area contributed by atoms with Gasteiger partial charge >= 0.3 is 0 Å². The van der Waals surface area contributed by atoms with E-state index in [9.17, 15) is 0 Å². The van der Waals surface area contributed by atoms with E-state index in [2.05, 4.69) is 86.6 Å². The largest absolute Gasteiger partial charge is 0.358 e. The molecule has 0 aromatic heterocycles. The molecule has 0 fully saturated rings. The van der Waals surface area contributed by atoms with Gasteiger partial charge in [0.05, 0.1) is 19.8 Å². The van der Waals surface area contributed by atoms with Crippen LogP contribution in [-0.4, -0.2) is 32.5 Å². The van der Waals surface area contributed by atoms with E-state index in [1.54, 1.807) is 0 Å². The minimum Gasteiger partial charge on any atom is -0.358 e. The van der Waals surface area contributed by atoms with E-state index in [-0.39, 0.29) is 13.2 Å². The van der Waals surface area contributed by atoms with Crippen molar-refractivity contribution in [1.29, 1.82) is 0 Å². The highest BCUT2D eigenvalue weighted by molar-refractivity contribution is 5.47. The Bertz CT molecular complexity index is 1270. The van der Waals surface area contributed by atoms with Crippen LogP contribution in [0.25, 0.3) is 0 Å². The first kappa shape index (κ1) is 54.8. The van der Waals surface area contributed by atoms with Crippen molar-refractivity contribution in [3.63, 3.8) is 0 Å². The van der Waals surface area contributed by atoms with Gasteiger partial charge in [-0.05, 0) is 29.5 Å². The van der Waals surface area contributed by atoms with E-state index in [1.165, 1.54) is 186 Å². The molecule has 5 nitrogen and oxygen atoms in total. The lowest BCUT2D eigenvalue weighted by molar-refractivity contribution is -0.372. The van der Waals surface area contributed by atoms with Gasteiger partial charge in [-0.2, -0.15) is 0 Å². The van der Waals surface area contributed by atoms with Gasteiger partial charge < -0.3 is 4.74 Å². The van der Waals surface area contributed by atoms with Gasteiger partial charge in [-0.15, -0.1) is 0 Å². The smallest absolute Gasteiger partial charge is 0.143 e. The summed E-state index contributed by atoms with van der Waals surface area (Å²) >= 11 is 0. The summed E-state index contributed by atoms with van der Waals surface area (Å²) in [5, 5.41) is 0. The molecule has 0 spiro atoms. The molecule has 0 N–H and O–H groups in total. The van der Waals surface area contributed by atoms with Crippen LogP contribution in [0, 0.1) is 0 Å². The summed E-state index contributed by atoms with van der Waals surface area (Å²) in [7, 11) is 0. The highest BCUT2D eigenvalue weighted by Crippen LogP contribution is 2.40. The van der Waals surface area contributed by atoms with Crippen molar-refractivity contribution in [2.24, 2.45) is 0 Å². The van der Waals surface area contributed by atoms with E-state index in [0.29, 0.717) is 13.2 Å². The van der Waals surface area contributed by atoms with E-state index in [4.69, 9.17) is 24.3 Å². The second-order valence-corrected chi connectivity index (χ2v) is 18.3. The summed E-state index contributed by atoms with van der Waals surface area (Å²) in [6.07, 6.45) is 42.6. The van der Waals surface area contributed by atoms with Gasteiger partial charge in [0.2, 0.25) is 0 Å². The first-order chi connectivity index (χ1) is 31.3. The Kier molecular flexibility index (Phi) is 34.6. The van der Waals surface area contributed by atoms with Crippen LogP contribution in [-0.2, 0) is 29.9 Å². The standard InChI is InChI=1S/C58H94O5/c1-3-5-7-9-11-13-15-17-19-21-23-25-27-29-31-42-50-60-62-53-57(63-61-51-43-32-30-28-26-24-22-20-18-16-14-12-10-8-6-4-2)52-59-58(54-44-36-33-37-45-54,55-46-38-34-39-47-55)56-48-40-35-41-49-56/h33-41,44-49,57H,3-32,42-43,50-53H2,1-2H3. The van der Waals surface area contributed by atoms with Crippen LogP contribution >= 0.6 is 0 Å². The molecule has 63 heavy (non-hydrogen) atoms. The molecule has 0 bridgehead atoms. The third-order valence-corrected chi connectivity index (χ3v) is 12.7. The quantitative estimate of drug-likeness (QED) is 0.0245. The van der Waals surface area contributed by atoms with Gasteiger partial charge in [0, 0.05) is 0 Å². The lowest BCUT2D eigenvalue weighted by Crippen LogP contribution is -2.37. The van der Waals surface area contributed by atoms with E-state index in [0.717, 1.165) is 36.0 Å². The molecule has 1 unspecified atom stereocenters. The summed E-state index contributed by atoms with van der Waals surface area (Å²) < 4.78 is 7.09. The second kappa shape index (κ2) is 39.8. The summed E-state index contributed by atoms with van der Waals surface area (Å²) in [6.45, 7) is 6.18. The minimum absolute atomic E-state index is 0.215. The molecule has 0 saturated heterocycles. The molecule has 356 valence electrons. The number of hydrogen-bond acceptors (Lipinski definition) is 5. The lowest BCUT2D eigenvalue weighted by Gasteiger charge is -2.36. The molecule has 0 aliphatic carbocycles. The van der Waals surface area contributed by atoms with Gasteiger partial charge in [0.25, 0.3) is 0 Å². The van der Waals surface area contributed by atoms with Crippen molar-refractivity contribution in [3.8, 4) is 0 Å². The topological polar surface area (TPSA) is 46.2 Å². The maximum atomic E-state index is 7.09. The molecule has 5 heteroatoms. The van der Waals surface area contributed by atoms with Crippen molar-refractivity contribution in [2.75, 3.05) is 26.4 Å². The molecule has 0 aliphatic heterocycles. The minimum atomic E-state index is -0.853. The molecule has 3 aromatic carbocycles. The van der Waals surface area contributed by atoms with E-state index < -0.39 is 11.7 Å². The molecule has 3 aromatic rings. The number of benzene rings is 3. The fraction of sp³-hybridized carbons (Fsp3) is 0.690. The first-order valence-corrected chi connectivity index (χ1v) is 26.6. The Labute approximate surface area is 388 Å². The van der Waals surface area contributed by atoms with Crippen molar-refractivity contribution in [1.82, 2.24) is 0 Å². The lowest BCUT2D eigenvalue weighted by atomic mass is 9.80. The fourth-order valence-electron chi connectivity index (χ4n) is 8.84. The average Bonchev–Trinajstić information content (AvgIpc) is 3.32. The summed E-state index contributed by atoms with van der Waals surface area (Å²) in [5.41, 5.74) is 2.30. The Morgan fingerprint density at radius 2 is 0.603 bits per heavy atom. The number of ether oxygens (including phenoxy) is 1. The molecular formula is C58H94O5. The molecule has 0 radical (unpaired) electrons. The zero-order valence-corrected chi connectivity index (χ0v) is 40.7. The van der Waals surface area contributed by atoms with Crippen LogP contribution in [0.5, 0.6) is 0 Å². The summed E-state index contributed by atoms with van der Waals surface area (Å²) in [6, 6.07) is 31.4. The van der Waals surface area contributed by atoms with Crippen molar-refractivity contribution >= 4 is 0 Å². The number of hydrogen-bond donors (Lipinski definition) is 0. The Hall–Kier alpha value is -2.54. The predicted molar refractivity (Wildman–Crippen MR) is 267 cm³/mol. The highest BCUT2D eigenvalue weighted by Gasteiger charge is 2.38. The van der Waals surface area contributed by atoms with Gasteiger partial charge in [0.1, 0.15) is 18.3 Å². The summed E-state index contributed by atoms with van der Waals surface area (Å²) in [4.78, 5) is 23.5. The van der Waals surface area contributed by atoms with Crippen LogP contribution in [0.4, 0.5) is 0 Å². The molecule has 0 aliphatic rings. The summed E-state index contributed by atoms with van der Waals surface area (Å²) in [5.74, 6) is 0. The van der Waals surface area contributed by atoms with Gasteiger partial charge in [-0.1, -0.05) is 297 Å². The van der Waals surface area contributed by atoms with Crippen molar-refractivity contribution in [2.45, 2.75) is 231 Å². The Balaban J connectivity index is 1.38.